The predicted octanol–water partition coefficient (Wildman–Crippen LogP) is 4.71. The monoisotopic (exact) mass is 539 g/mol. The van der Waals surface area contributed by atoms with Gasteiger partial charge in [-0.15, -0.1) is 12.4 Å². The van der Waals surface area contributed by atoms with Crippen molar-refractivity contribution in [2.75, 3.05) is 63.3 Å². The maximum atomic E-state index is 13.6. The molecule has 0 spiro atoms. The molecule has 35 heavy (non-hydrogen) atoms. The fourth-order valence-corrected chi connectivity index (χ4v) is 5.13. The van der Waals surface area contributed by atoms with Gasteiger partial charge in [0.05, 0.1) is 28.4 Å². The largest absolute Gasteiger partial charge is 0.378 e. The molecule has 1 amide bonds. The maximum Gasteiger partial charge on any atom is 0.293 e. The van der Waals surface area contributed by atoms with Crippen LogP contribution in [0.4, 0.5) is 16.5 Å². The average Bonchev–Trinajstić information content (AvgIpc) is 3.24. The van der Waals surface area contributed by atoms with Gasteiger partial charge < -0.3 is 14.5 Å². The number of nitro groups is 1. The van der Waals surface area contributed by atoms with Crippen LogP contribution in [0, 0.1) is 10.1 Å². The van der Waals surface area contributed by atoms with Gasteiger partial charge in [0.25, 0.3) is 11.6 Å². The summed E-state index contributed by atoms with van der Waals surface area (Å²) in [5.74, 6) is -0.319. The summed E-state index contributed by atoms with van der Waals surface area (Å²) >= 11 is 7.51. The number of nitro benzene ring substituents is 1. The molecule has 1 aromatic heterocycles. The molecule has 0 N–H and O–H groups in total. The molecular weight excluding hydrogens is 513 g/mol. The van der Waals surface area contributed by atoms with Crippen molar-refractivity contribution in [2.45, 2.75) is 6.42 Å². The second-order valence-electron chi connectivity index (χ2n) is 8.28. The third kappa shape index (κ3) is 6.39. The number of halogens is 2. The zero-order chi connectivity index (χ0) is 24.2. The van der Waals surface area contributed by atoms with Crippen molar-refractivity contribution in [3.05, 3.63) is 57.1 Å². The van der Waals surface area contributed by atoms with Gasteiger partial charge in [0.15, 0.2) is 5.13 Å². The molecule has 0 unspecified atom stereocenters. The molecule has 1 saturated heterocycles. The third-order valence-corrected chi connectivity index (χ3v) is 6.85. The van der Waals surface area contributed by atoms with E-state index in [2.05, 4.69) is 4.98 Å². The second-order valence-corrected chi connectivity index (χ2v) is 9.73. The van der Waals surface area contributed by atoms with E-state index < -0.39 is 4.92 Å². The predicted molar refractivity (Wildman–Crippen MR) is 143 cm³/mol. The molecule has 1 aliphatic heterocycles. The Hall–Kier alpha value is -2.50. The molecule has 0 saturated carbocycles. The van der Waals surface area contributed by atoms with Crippen molar-refractivity contribution < 1.29 is 14.5 Å². The van der Waals surface area contributed by atoms with E-state index >= 15 is 0 Å². The first-order valence-corrected chi connectivity index (χ1v) is 12.2. The summed E-state index contributed by atoms with van der Waals surface area (Å²) in [4.78, 5) is 35.3. The molecule has 0 radical (unpaired) electrons. The minimum atomic E-state index is -0.433. The molecule has 1 fully saturated rings. The van der Waals surface area contributed by atoms with Crippen LogP contribution < -0.4 is 9.80 Å². The summed E-state index contributed by atoms with van der Waals surface area (Å²) < 4.78 is 6.24. The van der Waals surface area contributed by atoms with Crippen molar-refractivity contribution in [2.24, 2.45) is 0 Å². The Morgan fingerprint density at radius 1 is 1.20 bits per heavy atom. The molecular formula is C23H27Cl2N5O4S. The zero-order valence-corrected chi connectivity index (χ0v) is 21.9. The Kier molecular flexibility index (Phi) is 9.26. The smallest absolute Gasteiger partial charge is 0.293 e. The molecule has 3 aromatic rings. The van der Waals surface area contributed by atoms with E-state index in [1.54, 1.807) is 23.1 Å². The summed E-state index contributed by atoms with van der Waals surface area (Å²) in [7, 11) is 3.94. The van der Waals surface area contributed by atoms with Gasteiger partial charge in [0, 0.05) is 36.3 Å². The standard InChI is InChI=1S/C23H26ClN5O4S.ClH/c1-26(2)8-3-9-28(23-25-18-6-5-17(24)15-21(18)34-23)22(30)16-4-7-19(20(14-16)29(31)32)27-10-12-33-13-11-27;/h4-7,14-15H,3,8-13H2,1-2H3;1H. The zero-order valence-electron chi connectivity index (χ0n) is 19.5. The van der Waals surface area contributed by atoms with Gasteiger partial charge in [-0.1, -0.05) is 22.9 Å². The van der Waals surface area contributed by atoms with E-state index in [-0.39, 0.29) is 29.6 Å². The van der Waals surface area contributed by atoms with Crippen LogP contribution in [-0.2, 0) is 4.74 Å². The molecule has 12 heteroatoms. The van der Waals surface area contributed by atoms with Gasteiger partial charge >= 0.3 is 0 Å². The molecule has 0 bridgehead atoms. The van der Waals surface area contributed by atoms with Gasteiger partial charge in [-0.25, -0.2) is 4.98 Å². The van der Waals surface area contributed by atoms with Gasteiger partial charge in [-0.3, -0.25) is 19.8 Å². The van der Waals surface area contributed by atoms with Crippen molar-refractivity contribution in [1.82, 2.24) is 9.88 Å². The number of benzene rings is 2. The van der Waals surface area contributed by atoms with Crippen LogP contribution in [0.3, 0.4) is 0 Å². The topological polar surface area (TPSA) is 92.0 Å². The SMILES string of the molecule is CN(C)CCCN(C(=O)c1ccc(N2CCOCC2)c([N+](=O)[O-])c1)c1nc2ccc(Cl)cc2s1.Cl. The van der Waals surface area contributed by atoms with Crippen LogP contribution in [0.25, 0.3) is 10.2 Å². The fourth-order valence-electron chi connectivity index (χ4n) is 3.86. The Labute approximate surface area is 218 Å². The van der Waals surface area contributed by atoms with Crippen LogP contribution in [-0.4, -0.2) is 74.2 Å². The third-order valence-electron chi connectivity index (χ3n) is 5.57. The van der Waals surface area contributed by atoms with Gasteiger partial charge in [-0.2, -0.15) is 0 Å². The Bertz CT molecular complexity index is 1200. The number of hydrogen-bond donors (Lipinski definition) is 0. The number of aromatic nitrogens is 1. The fraction of sp³-hybridized carbons (Fsp3) is 0.391. The second kappa shape index (κ2) is 12.0. The van der Waals surface area contributed by atoms with Crippen molar-refractivity contribution in [3.63, 3.8) is 0 Å². The number of rotatable bonds is 8. The summed E-state index contributed by atoms with van der Waals surface area (Å²) in [5.41, 5.74) is 1.42. The highest BCUT2D eigenvalue weighted by atomic mass is 35.5. The Morgan fingerprint density at radius 3 is 2.63 bits per heavy atom. The van der Waals surface area contributed by atoms with Gasteiger partial charge in [-0.05, 0) is 57.4 Å². The van der Waals surface area contributed by atoms with Crippen LogP contribution in [0.1, 0.15) is 16.8 Å². The first kappa shape index (κ1) is 27.1. The number of fused-ring (bicyclic) bond motifs is 1. The van der Waals surface area contributed by atoms with Crippen LogP contribution in [0.2, 0.25) is 5.02 Å². The lowest BCUT2D eigenvalue weighted by Crippen LogP contribution is -2.37. The summed E-state index contributed by atoms with van der Waals surface area (Å²) in [6.07, 6.45) is 0.726. The molecule has 188 valence electrons. The van der Waals surface area contributed by atoms with E-state index in [1.165, 1.54) is 17.4 Å². The first-order chi connectivity index (χ1) is 16.3. The van der Waals surface area contributed by atoms with Crippen molar-refractivity contribution in [1.29, 1.82) is 0 Å². The highest BCUT2D eigenvalue weighted by molar-refractivity contribution is 7.22. The van der Waals surface area contributed by atoms with Crippen LogP contribution in [0.15, 0.2) is 36.4 Å². The quantitative estimate of drug-likeness (QED) is 0.302. The number of hydrogen-bond acceptors (Lipinski definition) is 8. The van der Waals surface area contributed by atoms with E-state index in [9.17, 15) is 14.9 Å². The molecule has 2 aromatic carbocycles. The lowest BCUT2D eigenvalue weighted by molar-refractivity contribution is -0.384. The number of morpholine rings is 1. The van der Waals surface area contributed by atoms with E-state index in [1.807, 2.05) is 36.0 Å². The van der Waals surface area contributed by atoms with Gasteiger partial charge in [0.1, 0.15) is 5.69 Å². The van der Waals surface area contributed by atoms with Crippen LogP contribution >= 0.6 is 35.3 Å². The molecule has 0 atom stereocenters. The number of carbonyl (C=O) groups excluding carboxylic acids is 1. The molecule has 2 heterocycles. The molecule has 4 rings (SSSR count). The average molecular weight is 540 g/mol. The number of thiazole rings is 1. The molecule has 1 aliphatic rings. The highest BCUT2D eigenvalue weighted by Gasteiger charge is 2.27. The molecule has 0 aliphatic carbocycles. The van der Waals surface area contributed by atoms with Crippen molar-refractivity contribution in [3.8, 4) is 0 Å². The van der Waals surface area contributed by atoms with Gasteiger partial charge in [0.2, 0.25) is 0 Å². The van der Waals surface area contributed by atoms with E-state index in [0.29, 0.717) is 48.7 Å². The van der Waals surface area contributed by atoms with Crippen LogP contribution in [0.5, 0.6) is 0 Å². The molecule has 9 nitrogen and oxygen atoms in total. The lowest BCUT2D eigenvalue weighted by Gasteiger charge is -2.28. The Morgan fingerprint density at radius 2 is 1.94 bits per heavy atom. The number of carbonyl (C=O) groups is 1. The number of ether oxygens (including phenoxy) is 1. The lowest BCUT2D eigenvalue weighted by atomic mass is 10.1. The highest BCUT2D eigenvalue weighted by Crippen LogP contribution is 2.34. The van der Waals surface area contributed by atoms with Crippen molar-refractivity contribution >= 4 is 68.0 Å². The van der Waals surface area contributed by atoms with E-state index in [0.717, 1.165) is 23.2 Å². The maximum absolute atomic E-state index is 13.6. The number of nitrogens with zero attached hydrogens (tertiary/aromatic N) is 5. The summed E-state index contributed by atoms with van der Waals surface area (Å²) in [6, 6.07) is 10.1. The minimum absolute atomic E-state index is 0. The first-order valence-electron chi connectivity index (χ1n) is 11.0. The van der Waals surface area contributed by atoms with E-state index in [4.69, 9.17) is 16.3 Å². The number of anilines is 2. The minimum Gasteiger partial charge on any atom is -0.378 e. The number of amides is 1. The summed E-state index contributed by atoms with van der Waals surface area (Å²) in [5, 5.41) is 13.0. The Balaban J connectivity index is 0.00000342. The summed E-state index contributed by atoms with van der Waals surface area (Å²) in [6.45, 7) is 3.39. The normalized spacial score (nSPS) is 13.7.